The van der Waals surface area contributed by atoms with Gasteiger partial charge in [-0.2, -0.15) is 0 Å². The van der Waals surface area contributed by atoms with Gasteiger partial charge >= 0.3 is 0 Å². The molecule has 1 amide bonds. The third-order valence-electron chi connectivity index (χ3n) is 5.22. The van der Waals surface area contributed by atoms with Crippen LogP contribution in [0, 0.1) is 6.92 Å². The Hall–Kier alpha value is -2.22. The first kappa shape index (κ1) is 20.5. The molecule has 1 heterocycles. The van der Waals surface area contributed by atoms with Crippen molar-refractivity contribution in [3.05, 3.63) is 59.7 Å². The van der Waals surface area contributed by atoms with Gasteiger partial charge in [-0.25, -0.2) is 13.1 Å². The minimum atomic E-state index is -3.69. The van der Waals surface area contributed by atoms with Crippen molar-refractivity contribution in [2.24, 2.45) is 0 Å². The maximum atomic E-state index is 13.0. The first-order chi connectivity index (χ1) is 13.3. The summed E-state index contributed by atoms with van der Waals surface area (Å²) in [5.41, 5.74) is 2.00. The van der Waals surface area contributed by atoms with Gasteiger partial charge in [0, 0.05) is 37.8 Å². The molecule has 1 saturated heterocycles. The molecule has 2 aromatic carbocycles. The summed E-state index contributed by atoms with van der Waals surface area (Å²) in [6.07, 6.45) is 1.53. The topological polar surface area (TPSA) is 84.5 Å². The highest BCUT2D eigenvalue weighted by molar-refractivity contribution is 7.89. The Morgan fingerprint density at radius 2 is 1.79 bits per heavy atom. The Kier molecular flexibility index (Phi) is 6.17. The fourth-order valence-corrected chi connectivity index (χ4v) is 5.02. The number of ether oxygens (including phenoxy) is 1. The lowest BCUT2D eigenvalue weighted by molar-refractivity contribution is -0.114. The molecule has 6 nitrogen and oxygen atoms in total. The number of anilines is 1. The number of benzene rings is 2. The van der Waals surface area contributed by atoms with E-state index in [4.69, 9.17) is 4.74 Å². The lowest BCUT2D eigenvalue weighted by Gasteiger charge is -2.38. The molecule has 0 aliphatic carbocycles. The quantitative estimate of drug-likeness (QED) is 0.778. The van der Waals surface area contributed by atoms with E-state index in [1.807, 2.05) is 30.3 Å². The zero-order valence-electron chi connectivity index (χ0n) is 16.2. The van der Waals surface area contributed by atoms with Crippen LogP contribution in [0.2, 0.25) is 0 Å². The number of hydrogen-bond acceptors (Lipinski definition) is 4. The maximum absolute atomic E-state index is 13.0. The number of aryl methyl sites for hydroxylation is 1. The van der Waals surface area contributed by atoms with Crippen molar-refractivity contribution in [1.82, 2.24) is 4.72 Å². The molecule has 0 unspecified atom stereocenters. The third-order valence-corrected chi connectivity index (χ3v) is 6.78. The summed E-state index contributed by atoms with van der Waals surface area (Å²) in [5.74, 6) is -0.197. The van der Waals surface area contributed by atoms with Gasteiger partial charge in [0.25, 0.3) is 0 Å². The summed E-state index contributed by atoms with van der Waals surface area (Å²) in [6.45, 7) is 4.68. The normalized spacial score (nSPS) is 16.5. The number of hydrogen-bond donors (Lipinski definition) is 2. The van der Waals surface area contributed by atoms with Crippen LogP contribution < -0.4 is 10.0 Å². The molecule has 28 heavy (non-hydrogen) atoms. The van der Waals surface area contributed by atoms with Crippen molar-refractivity contribution < 1.29 is 17.9 Å². The van der Waals surface area contributed by atoms with Crippen molar-refractivity contribution in [2.75, 3.05) is 25.1 Å². The number of carbonyl (C=O) groups excluding carboxylic acids is 1. The molecule has 2 N–H and O–H groups in total. The molecule has 2 aromatic rings. The highest BCUT2D eigenvalue weighted by Gasteiger charge is 2.35. The zero-order chi connectivity index (χ0) is 20.2. The number of carbonyl (C=O) groups is 1. The predicted octanol–water partition coefficient (Wildman–Crippen LogP) is 2.98. The van der Waals surface area contributed by atoms with Gasteiger partial charge in [-0.15, -0.1) is 0 Å². The van der Waals surface area contributed by atoms with Crippen molar-refractivity contribution in [2.45, 2.75) is 37.0 Å². The van der Waals surface area contributed by atoms with Gasteiger partial charge in [0.05, 0.1) is 4.90 Å². The van der Waals surface area contributed by atoms with Crippen LogP contribution in [0.3, 0.4) is 0 Å². The second-order valence-corrected chi connectivity index (χ2v) is 8.98. The Balaban J connectivity index is 1.82. The summed E-state index contributed by atoms with van der Waals surface area (Å²) in [5, 5.41) is 2.67. The first-order valence-electron chi connectivity index (χ1n) is 9.34. The molecule has 1 aliphatic heterocycles. The smallest absolute Gasteiger partial charge is 0.240 e. The Morgan fingerprint density at radius 3 is 2.39 bits per heavy atom. The van der Waals surface area contributed by atoms with E-state index in [9.17, 15) is 13.2 Å². The summed E-state index contributed by atoms with van der Waals surface area (Å²) >= 11 is 0. The van der Waals surface area contributed by atoms with Crippen LogP contribution in [-0.2, 0) is 25.0 Å². The van der Waals surface area contributed by atoms with E-state index >= 15 is 0 Å². The largest absolute Gasteiger partial charge is 0.381 e. The SMILES string of the molecule is CC(=O)Nc1ccc(S(=O)(=O)NCC2(c3ccccc3)CCOCC2)c(C)c1. The van der Waals surface area contributed by atoms with E-state index < -0.39 is 10.0 Å². The second-order valence-electron chi connectivity index (χ2n) is 7.24. The molecule has 1 aliphatic rings. The van der Waals surface area contributed by atoms with Gasteiger partial charge in [-0.05, 0) is 49.1 Å². The van der Waals surface area contributed by atoms with E-state index in [1.54, 1.807) is 19.1 Å². The van der Waals surface area contributed by atoms with Crippen LogP contribution >= 0.6 is 0 Å². The Bertz CT molecular complexity index is 936. The van der Waals surface area contributed by atoms with Crippen molar-refractivity contribution in [3.8, 4) is 0 Å². The molecule has 0 spiro atoms. The van der Waals surface area contributed by atoms with Gasteiger partial charge in [0.15, 0.2) is 0 Å². The molecule has 0 saturated carbocycles. The van der Waals surface area contributed by atoms with Crippen molar-refractivity contribution in [1.29, 1.82) is 0 Å². The molecule has 1 fully saturated rings. The molecule has 7 heteroatoms. The molecule has 3 rings (SSSR count). The maximum Gasteiger partial charge on any atom is 0.240 e. The molecular weight excluding hydrogens is 376 g/mol. The van der Waals surface area contributed by atoms with Crippen molar-refractivity contribution >= 4 is 21.6 Å². The standard InChI is InChI=1S/C21H26N2O4S/c1-16-14-19(23-17(2)24)8-9-20(16)28(25,26)22-15-21(10-12-27-13-11-21)18-6-4-3-5-7-18/h3-9,14,22H,10-13,15H2,1-2H3,(H,23,24). The predicted molar refractivity (Wildman–Crippen MR) is 109 cm³/mol. The molecule has 0 atom stereocenters. The van der Waals surface area contributed by atoms with Crippen LogP contribution in [0.4, 0.5) is 5.69 Å². The molecular formula is C21H26N2O4S. The van der Waals surface area contributed by atoms with Crippen LogP contribution in [0.1, 0.15) is 30.9 Å². The monoisotopic (exact) mass is 402 g/mol. The van der Waals surface area contributed by atoms with Gasteiger partial charge in [0.1, 0.15) is 0 Å². The second kappa shape index (κ2) is 8.43. The van der Waals surface area contributed by atoms with E-state index in [-0.39, 0.29) is 16.2 Å². The average Bonchev–Trinajstić information content (AvgIpc) is 2.67. The Labute approximate surface area is 166 Å². The minimum Gasteiger partial charge on any atom is -0.381 e. The lowest BCUT2D eigenvalue weighted by Crippen LogP contribution is -2.44. The van der Waals surface area contributed by atoms with Crippen LogP contribution in [0.25, 0.3) is 0 Å². The van der Waals surface area contributed by atoms with E-state index in [0.29, 0.717) is 31.0 Å². The summed E-state index contributed by atoms with van der Waals surface area (Å²) < 4.78 is 34.3. The summed E-state index contributed by atoms with van der Waals surface area (Å²) in [4.78, 5) is 11.4. The Morgan fingerprint density at radius 1 is 1.11 bits per heavy atom. The van der Waals surface area contributed by atoms with Crippen LogP contribution in [-0.4, -0.2) is 34.1 Å². The van der Waals surface area contributed by atoms with E-state index in [0.717, 1.165) is 18.4 Å². The fourth-order valence-electron chi connectivity index (χ4n) is 3.66. The molecule has 0 aromatic heterocycles. The van der Waals surface area contributed by atoms with Gasteiger partial charge < -0.3 is 10.1 Å². The fraction of sp³-hybridized carbons (Fsp3) is 0.381. The van der Waals surface area contributed by atoms with Gasteiger partial charge in [0.2, 0.25) is 15.9 Å². The number of sulfonamides is 1. The number of nitrogens with one attached hydrogen (secondary N) is 2. The number of rotatable bonds is 6. The molecule has 0 radical (unpaired) electrons. The third kappa shape index (κ3) is 4.60. The zero-order valence-corrected chi connectivity index (χ0v) is 17.0. The summed E-state index contributed by atoms with van der Waals surface area (Å²) in [6, 6.07) is 14.8. The molecule has 0 bridgehead atoms. The minimum absolute atomic E-state index is 0.197. The highest BCUT2D eigenvalue weighted by atomic mass is 32.2. The van der Waals surface area contributed by atoms with E-state index in [1.165, 1.54) is 13.0 Å². The van der Waals surface area contributed by atoms with Crippen LogP contribution in [0.15, 0.2) is 53.4 Å². The summed E-state index contributed by atoms with van der Waals surface area (Å²) in [7, 11) is -3.69. The van der Waals surface area contributed by atoms with Gasteiger partial charge in [-0.1, -0.05) is 30.3 Å². The first-order valence-corrected chi connectivity index (χ1v) is 10.8. The number of amides is 1. The van der Waals surface area contributed by atoms with Crippen molar-refractivity contribution in [3.63, 3.8) is 0 Å². The molecule has 150 valence electrons. The lowest BCUT2D eigenvalue weighted by atomic mass is 9.74. The van der Waals surface area contributed by atoms with Crippen LogP contribution in [0.5, 0.6) is 0 Å². The average molecular weight is 403 g/mol. The van der Waals surface area contributed by atoms with E-state index in [2.05, 4.69) is 10.0 Å². The van der Waals surface area contributed by atoms with Gasteiger partial charge in [-0.3, -0.25) is 4.79 Å². The highest BCUT2D eigenvalue weighted by Crippen LogP contribution is 2.34.